The predicted octanol–water partition coefficient (Wildman–Crippen LogP) is 4.40. The van der Waals surface area contributed by atoms with Gasteiger partial charge in [-0.15, -0.1) is 0 Å². The highest BCUT2D eigenvalue weighted by Gasteiger charge is 2.37. The summed E-state index contributed by atoms with van der Waals surface area (Å²) in [4.78, 5) is 27.1. The lowest BCUT2D eigenvalue weighted by atomic mass is 9.84. The number of aryl methyl sites for hydroxylation is 1. The van der Waals surface area contributed by atoms with Gasteiger partial charge in [-0.1, -0.05) is 51.1 Å². The van der Waals surface area contributed by atoms with Crippen molar-refractivity contribution < 1.29 is 9.59 Å². The van der Waals surface area contributed by atoms with Crippen molar-refractivity contribution in [2.24, 2.45) is 5.41 Å². The Morgan fingerprint density at radius 3 is 2.54 bits per heavy atom. The van der Waals surface area contributed by atoms with Crippen molar-refractivity contribution in [3.63, 3.8) is 0 Å². The highest BCUT2D eigenvalue weighted by molar-refractivity contribution is 6.38. The van der Waals surface area contributed by atoms with Crippen LogP contribution in [0.2, 0.25) is 0 Å². The maximum absolute atomic E-state index is 12.7. The van der Waals surface area contributed by atoms with Gasteiger partial charge >= 0.3 is 0 Å². The first-order chi connectivity index (χ1) is 11.5. The molecule has 2 rings (SSSR count). The van der Waals surface area contributed by atoms with Crippen LogP contribution in [0.5, 0.6) is 0 Å². The molecule has 1 aliphatic rings. The van der Waals surface area contributed by atoms with Crippen molar-refractivity contribution in [1.29, 1.82) is 0 Å². The van der Waals surface area contributed by atoms with E-state index >= 15 is 0 Å². The van der Waals surface area contributed by atoms with E-state index in [1.807, 2.05) is 31.7 Å². The number of rotatable bonds is 7. The third-order valence-electron chi connectivity index (χ3n) is 5.43. The zero-order chi connectivity index (χ0) is 17.6. The highest BCUT2D eigenvalue weighted by Crippen LogP contribution is 2.27. The zero-order valence-electron chi connectivity index (χ0n) is 15.4. The Labute approximate surface area is 146 Å². The van der Waals surface area contributed by atoms with Gasteiger partial charge in [0.2, 0.25) is 5.78 Å². The predicted molar refractivity (Wildman–Crippen MR) is 97.8 cm³/mol. The Bertz CT molecular complexity index is 550. The van der Waals surface area contributed by atoms with E-state index in [1.54, 1.807) is 0 Å². The summed E-state index contributed by atoms with van der Waals surface area (Å²) in [6.45, 7) is 6.46. The molecule has 1 heterocycles. The maximum Gasteiger partial charge on any atom is 0.290 e. The number of amides is 1. The number of nitrogens with zero attached hydrogens (tertiary/aromatic N) is 1. The third-order valence-corrected chi connectivity index (χ3v) is 5.43. The largest absolute Gasteiger partial charge is 0.333 e. The molecule has 3 nitrogen and oxygen atoms in total. The maximum atomic E-state index is 12.7. The van der Waals surface area contributed by atoms with Crippen LogP contribution >= 0.6 is 0 Å². The number of Topliss-reactive ketones (excluding diaryl/α,β-unsaturated/α-hetero) is 1. The minimum Gasteiger partial charge on any atom is -0.333 e. The van der Waals surface area contributed by atoms with E-state index < -0.39 is 5.41 Å². The van der Waals surface area contributed by atoms with E-state index in [0.29, 0.717) is 6.42 Å². The molecule has 0 saturated carbocycles. The van der Waals surface area contributed by atoms with Crippen molar-refractivity contribution >= 4 is 11.7 Å². The van der Waals surface area contributed by atoms with Crippen molar-refractivity contribution in [2.45, 2.75) is 71.8 Å². The Morgan fingerprint density at radius 2 is 1.88 bits per heavy atom. The molecule has 1 fully saturated rings. The Morgan fingerprint density at radius 1 is 1.17 bits per heavy atom. The Balaban J connectivity index is 1.94. The van der Waals surface area contributed by atoms with Gasteiger partial charge in [0.25, 0.3) is 5.91 Å². The number of likely N-dealkylation sites (tertiary alicyclic amines) is 1. The van der Waals surface area contributed by atoms with Crippen molar-refractivity contribution in [2.75, 3.05) is 6.54 Å². The molecule has 1 atom stereocenters. The zero-order valence-corrected chi connectivity index (χ0v) is 15.4. The molecule has 0 N–H and O–H groups in total. The molecular formula is C21H31NO2. The summed E-state index contributed by atoms with van der Waals surface area (Å²) < 4.78 is 0. The fourth-order valence-corrected chi connectivity index (χ4v) is 3.34. The van der Waals surface area contributed by atoms with Gasteiger partial charge < -0.3 is 4.90 Å². The van der Waals surface area contributed by atoms with Crippen LogP contribution in [0.15, 0.2) is 30.3 Å². The molecule has 3 heteroatoms. The summed E-state index contributed by atoms with van der Waals surface area (Å²) in [5.74, 6) is -0.480. The molecule has 1 unspecified atom stereocenters. The Hall–Kier alpha value is -1.64. The van der Waals surface area contributed by atoms with E-state index in [2.05, 4.69) is 24.3 Å². The SMILES string of the molecule is CCC(C)(C)C(=O)C(=O)N1CCCCC1CCCc1ccccc1. The summed E-state index contributed by atoms with van der Waals surface area (Å²) in [5.41, 5.74) is 0.790. The van der Waals surface area contributed by atoms with Crippen LogP contribution in [0.25, 0.3) is 0 Å². The minimum atomic E-state index is -0.552. The standard InChI is InChI=1S/C21H31NO2/c1-4-21(2,3)19(23)20(24)22-16-9-8-14-18(22)15-10-13-17-11-6-5-7-12-17/h5-7,11-12,18H,4,8-10,13-16H2,1-3H3. The minimum absolute atomic E-state index is 0.222. The van der Waals surface area contributed by atoms with E-state index in [4.69, 9.17) is 0 Å². The molecule has 0 radical (unpaired) electrons. The molecule has 24 heavy (non-hydrogen) atoms. The van der Waals surface area contributed by atoms with Gasteiger partial charge in [0.05, 0.1) is 0 Å². The van der Waals surface area contributed by atoms with E-state index in [0.717, 1.165) is 45.1 Å². The average Bonchev–Trinajstić information content (AvgIpc) is 2.62. The van der Waals surface area contributed by atoms with Crippen LogP contribution < -0.4 is 0 Å². The molecule has 0 spiro atoms. The van der Waals surface area contributed by atoms with Gasteiger partial charge in [0, 0.05) is 18.0 Å². The van der Waals surface area contributed by atoms with Gasteiger partial charge in [-0.25, -0.2) is 0 Å². The second kappa shape index (κ2) is 8.46. The van der Waals surface area contributed by atoms with Crippen molar-refractivity contribution in [3.8, 4) is 0 Å². The van der Waals surface area contributed by atoms with Crippen LogP contribution in [0, 0.1) is 5.41 Å². The topological polar surface area (TPSA) is 37.4 Å². The molecule has 1 aromatic carbocycles. The quantitative estimate of drug-likeness (QED) is 0.696. The first-order valence-electron chi connectivity index (χ1n) is 9.35. The second-order valence-corrected chi connectivity index (χ2v) is 7.59. The van der Waals surface area contributed by atoms with Gasteiger partial charge in [-0.2, -0.15) is 0 Å². The van der Waals surface area contributed by atoms with Gasteiger partial charge in [0.1, 0.15) is 0 Å². The lowest BCUT2D eigenvalue weighted by Crippen LogP contribution is -2.49. The first-order valence-corrected chi connectivity index (χ1v) is 9.35. The number of piperidine rings is 1. The molecular weight excluding hydrogens is 298 g/mol. The van der Waals surface area contributed by atoms with Gasteiger partial charge in [0.15, 0.2) is 0 Å². The lowest BCUT2D eigenvalue weighted by Gasteiger charge is -2.37. The lowest BCUT2D eigenvalue weighted by molar-refractivity contribution is -0.151. The van der Waals surface area contributed by atoms with Crippen molar-refractivity contribution in [3.05, 3.63) is 35.9 Å². The summed E-state index contributed by atoms with van der Waals surface area (Å²) in [7, 11) is 0. The number of benzene rings is 1. The molecule has 0 aliphatic carbocycles. The number of hydrogen-bond acceptors (Lipinski definition) is 2. The Kier molecular flexibility index (Phi) is 6.59. The van der Waals surface area contributed by atoms with Crippen LogP contribution in [-0.2, 0) is 16.0 Å². The number of carbonyl (C=O) groups excluding carboxylic acids is 2. The normalized spacial score (nSPS) is 18.5. The fourth-order valence-electron chi connectivity index (χ4n) is 3.34. The highest BCUT2D eigenvalue weighted by atomic mass is 16.2. The van der Waals surface area contributed by atoms with E-state index in [-0.39, 0.29) is 17.7 Å². The van der Waals surface area contributed by atoms with Crippen LogP contribution in [-0.4, -0.2) is 29.2 Å². The molecule has 1 aliphatic heterocycles. The average molecular weight is 329 g/mol. The third kappa shape index (κ3) is 4.68. The van der Waals surface area contributed by atoms with Crippen LogP contribution in [0.1, 0.15) is 64.9 Å². The molecule has 132 valence electrons. The van der Waals surface area contributed by atoms with E-state index in [1.165, 1.54) is 5.56 Å². The molecule has 1 aromatic rings. The number of ketones is 1. The summed E-state index contributed by atoms with van der Waals surface area (Å²) in [5, 5.41) is 0. The second-order valence-electron chi connectivity index (χ2n) is 7.59. The number of hydrogen-bond donors (Lipinski definition) is 0. The summed E-state index contributed by atoms with van der Waals surface area (Å²) >= 11 is 0. The van der Waals surface area contributed by atoms with Gasteiger partial charge in [-0.05, 0) is 50.5 Å². The van der Waals surface area contributed by atoms with Crippen LogP contribution in [0.4, 0.5) is 0 Å². The van der Waals surface area contributed by atoms with Crippen LogP contribution in [0.3, 0.4) is 0 Å². The van der Waals surface area contributed by atoms with Crippen molar-refractivity contribution in [1.82, 2.24) is 4.90 Å². The monoisotopic (exact) mass is 329 g/mol. The fraction of sp³-hybridized carbons (Fsp3) is 0.619. The van der Waals surface area contributed by atoms with E-state index in [9.17, 15) is 9.59 Å². The number of carbonyl (C=O) groups is 2. The summed E-state index contributed by atoms with van der Waals surface area (Å²) in [6.07, 6.45) is 6.98. The first kappa shape index (κ1) is 18.7. The molecule has 0 aromatic heterocycles. The molecule has 1 amide bonds. The summed E-state index contributed by atoms with van der Waals surface area (Å²) in [6, 6.07) is 10.7. The van der Waals surface area contributed by atoms with Gasteiger partial charge in [-0.3, -0.25) is 9.59 Å². The molecule has 1 saturated heterocycles. The smallest absolute Gasteiger partial charge is 0.290 e. The molecule has 0 bridgehead atoms.